The third kappa shape index (κ3) is 2.33. The van der Waals surface area contributed by atoms with Gasteiger partial charge in [-0.05, 0) is 19.5 Å². The maximum absolute atomic E-state index is 13.7. The molecule has 0 amide bonds. The maximum atomic E-state index is 13.7. The molecular weight excluding hydrogens is 207 g/mol. The van der Waals surface area contributed by atoms with Crippen LogP contribution in [0.15, 0.2) is 18.2 Å². The van der Waals surface area contributed by atoms with Gasteiger partial charge in [-0.1, -0.05) is 12.1 Å². The molecule has 1 fully saturated rings. The number of halogens is 1. The van der Waals surface area contributed by atoms with Crippen molar-refractivity contribution in [3.8, 4) is 0 Å². The molecule has 0 bridgehead atoms. The van der Waals surface area contributed by atoms with Gasteiger partial charge in [-0.3, -0.25) is 4.90 Å². The lowest BCUT2D eigenvalue weighted by atomic mass is 10.1. The maximum Gasteiger partial charge on any atom is 0.150 e. The van der Waals surface area contributed by atoms with Crippen molar-refractivity contribution in [1.82, 2.24) is 4.90 Å². The first-order valence-electron chi connectivity index (χ1n) is 5.49. The lowest BCUT2D eigenvalue weighted by Gasteiger charge is -2.23. The van der Waals surface area contributed by atoms with Gasteiger partial charge in [0.1, 0.15) is 0 Å². The van der Waals surface area contributed by atoms with Gasteiger partial charge >= 0.3 is 0 Å². The molecule has 0 aromatic heterocycles. The quantitative estimate of drug-likeness (QED) is 0.793. The molecule has 3 nitrogen and oxygen atoms in total. The standard InChI is InChI=1S/C12H17FN2O/c1-15(10-5-6-16-8-10)7-9-3-2-4-11(14)12(9)13/h2-4,10H,5-8,14H2,1H3. The van der Waals surface area contributed by atoms with Gasteiger partial charge in [-0.2, -0.15) is 0 Å². The fraction of sp³-hybridized carbons (Fsp3) is 0.500. The number of nitrogen functional groups attached to an aromatic ring is 1. The second kappa shape index (κ2) is 4.80. The van der Waals surface area contributed by atoms with Crippen molar-refractivity contribution in [2.24, 2.45) is 0 Å². The van der Waals surface area contributed by atoms with E-state index in [0.717, 1.165) is 19.6 Å². The van der Waals surface area contributed by atoms with E-state index in [9.17, 15) is 4.39 Å². The van der Waals surface area contributed by atoms with Crippen molar-refractivity contribution in [3.05, 3.63) is 29.6 Å². The molecule has 1 saturated heterocycles. The average molecular weight is 224 g/mol. The molecule has 1 atom stereocenters. The first kappa shape index (κ1) is 11.4. The Bertz CT molecular complexity index is 364. The van der Waals surface area contributed by atoms with Crippen LogP contribution >= 0.6 is 0 Å². The fourth-order valence-electron chi connectivity index (χ4n) is 1.99. The van der Waals surface area contributed by atoms with Gasteiger partial charge in [0.15, 0.2) is 5.82 Å². The van der Waals surface area contributed by atoms with Gasteiger partial charge in [-0.15, -0.1) is 0 Å². The molecule has 0 spiro atoms. The molecule has 1 aromatic carbocycles. The van der Waals surface area contributed by atoms with Crippen LogP contribution in [0.3, 0.4) is 0 Å². The van der Waals surface area contributed by atoms with Crippen molar-refractivity contribution in [3.63, 3.8) is 0 Å². The SMILES string of the molecule is CN(Cc1cccc(N)c1F)C1CCOC1. The number of hydrogen-bond donors (Lipinski definition) is 1. The van der Waals surface area contributed by atoms with Gasteiger partial charge in [0.25, 0.3) is 0 Å². The number of ether oxygens (including phenoxy) is 1. The molecule has 2 rings (SSSR count). The zero-order chi connectivity index (χ0) is 11.5. The largest absolute Gasteiger partial charge is 0.396 e. The number of rotatable bonds is 3. The van der Waals surface area contributed by atoms with E-state index in [1.54, 1.807) is 18.2 Å². The Balaban J connectivity index is 2.05. The Morgan fingerprint density at radius 1 is 1.56 bits per heavy atom. The summed E-state index contributed by atoms with van der Waals surface area (Å²) in [5.74, 6) is -0.298. The summed E-state index contributed by atoms with van der Waals surface area (Å²) < 4.78 is 19.0. The highest BCUT2D eigenvalue weighted by atomic mass is 19.1. The molecule has 1 aromatic rings. The Hall–Kier alpha value is -1.13. The van der Waals surface area contributed by atoms with E-state index in [2.05, 4.69) is 4.90 Å². The molecule has 16 heavy (non-hydrogen) atoms. The summed E-state index contributed by atoms with van der Waals surface area (Å²) in [4.78, 5) is 2.12. The normalized spacial score (nSPS) is 20.6. The van der Waals surface area contributed by atoms with Crippen molar-refractivity contribution in [2.45, 2.75) is 19.0 Å². The predicted molar refractivity (Wildman–Crippen MR) is 61.5 cm³/mol. The molecule has 1 unspecified atom stereocenters. The number of nitrogens with two attached hydrogens (primary N) is 1. The second-order valence-corrected chi connectivity index (χ2v) is 4.25. The molecule has 0 radical (unpaired) electrons. The first-order chi connectivity index (χ1) is 7.68. The lowest BCUT2D eigenvalue weighted by molar-refractivity contribution is 0.156. The van der Waals surface area contributed by atoms with Crippen LogP contribution in [0, 0.1) is 5.82 Å². The number of anilines is 1. The Kier molecular flexibility index (Phi) is 3.41. The zero-order valence-corrected chi connectivity index (χ0v) is 9.45. The molecule has 4 heteroatoms. The minimum atomic E-state index is -0.298. The minimum absolute atomic E-state index is 0.216. The van der Waals surface area contributed by atoms with E-state index in [1.807, 2.05) is 7.05 Å². The van der Waals surface area contributed by atoms with Gasteiger partial charge < -0.3 is 10.5 Å². The monoisotopic (exact) mass is 224 g/mol. The summed E-state index contributed by atoms with van der Waals surface area (Å²) in [6.07, 6.45) is 1.01. The number of benzene rings is 1. The van der Waals surface area contributed by atoms with Crippen molar-refractivity contribution in [1.29, 1.82) is 0 Å². The number of nitrogens with zero attached hydrogens (tertiary/aromatic N) is 1. The highest BCUT2D eigenvalue weighted by Gasteiger charge is 2.21. The molecule has 0 saturated carbocycles. The zero-order valence-electron chi connectivity index (χ0n) is 9.45. The molecule has 1 aliphatic rings. The molecule has 2 N–H and O–H groups in total. The number of likely N-dealkylation sites (N-methyl/N-ethyl adjacent to an activating group) is 1. The van der Waals surface area contributed by atoms with Crippen LogP contribution in [-0.4, -0.2) is 31.2 Å². The molecule has 0 aliphatic carbocycles. The third-order valence-electron chi connectivity index (χ3n) is 3.06. The topological polar surface area (TPSA) is 38.5 Å². The van der Waals surface area contributed by atoms with Crippen LogP contribution in [-0.2, 0) is 11.3 Å². The van der Waals surface area contributed by atoms with E-state index in [0.29, 0.717) is 18.2 Å². The first-order valence-corrected chi connectivity index (χ1v) is 5.49. The smallest absolute Gasteiger partial charge is 0.150 e. The summed E-state index contributed by atoms with van der Waals surface area (Å²) in [7, 11) is 1.99. The van der Waals surface area contributed by atoms with Crippen LogP contribution in [0.1, 0.15) is 12.0 Å². The van der Waals surface area contributed by atoms with E-state index in [1.165, 1.54) is 0 Å². The van der Waals surface area contributed by atoms with Crippen LogP contribution in [0.4, 0.5) is 10.1 Å². The van der Waals surface area contributed by atoms with Gasteiger partial charge in [-0.25, -0.2) is 4.39 Å². The molecule has 1 aliphatic heterocycles. The van der Waals surface area contributed by atoms with Crippen molar-refractivity contribution >= 4 is 5.69 Å². The van der Waals surface area contributed by atoms with E-state index in [-0.39, 0.29) is 11.5 Å². The van der Waals surface area contributed by atoms with E-state index >= 15 is 0 Å². The average Bonchev–Trinajstić information content (AvgIpc) is 2.78. The van der Waals surface area contributed by atoms with Gasteiger partial charge in [0.05, 0.1) is 12.3 Å². The van der Waals surface area contributed by atoms with Crippen LogP contribution in [0.25, 0.3) is 0 Å². The third-order valence-corrected chi connectivity index (χ3v) is 3.06. The Labute approximate surface area is 95.0 Å². The molecular formula is C12H17FN2O. The summed E-state index contributed by atoms with van der Waals surface area (Å²) in [5, 5.41) is 0. The van der Waals surface area contributed by atoms with Crippen LogP contribution < -0.4 is 5.73 Å². The summed E-state index contributed by atoms with van der Waals surface area (Å²) in [5.41, 5.74) is 6.40. The van der Waals surface area contributed by atoms with E-state index in [4.69, 9.17) is 10.5 Å². The summed E-state index contributed by atoms with van der Waals surface area (Å²) >= 11 is 0. The number of hydrogen-bond acceptors (Lipinski definition) is 3. The van der Waals surface area contributed by atoms with Gasteiger partial charge in [0, 0.05) is 24.8 Å². The molecule has 1 heterocycles. The highest BCUT2D eigenvalue weighted by molar-refractivity contribution is 5.42. The van der Waals surface area contributed by atoms with Crippen molar-refractivity contribution < 1.29 is 9.13 Å². The predicted octanol–water partition coefficient (Wildman–Crippen LogP) is 1.63. The second-order valence-electron chi connectivity index (χ2n) is 4.25. The summed E-state index contributed by atoms with van der Waals surface area (Å²) in [6, 6.07) is 5.53. The van der Waals surface area contributed by atoms with Crippen LogP contribution in [0.2, 0.25) is 0 Å². The van der Waals surface area contributed by atoms with Crippen LogP contribution in [0.5, 0.6) is 0 Å². The van der Waals surface area contributed by atoms with Gasteiger partial charge in [0.2, 0.25) is 0 Å². The minimum Gasteiger partial charge on any atom is -0.396 e. The molecule has 88 valence electrons. The highest BCUT2D eigenvalue weighted by Crippen LogP contribution is 2.19. The fourth-order valence-corrected chi connectivity index (χ4v) is 1.99. The van der Waals surface area contributed by atoms with E-state index < -0.39 is 0 Å². The Morgan fingerprint density at radius 3 is 3.06 bits per heavy atom. The lowest BCUT2D eigenvalue weighted by Crippen LogP contribution is -2.31. The Morgan fingerprint density at radius 2 is 2.38 bits per heavy atom. The summed E-state index contributed by atoms with van der Waals surface area (Å²) in [6.45, 7) is 2.11. The van der Waals surface area contributed by atoms with Crippen molar-refractivity contribution in [2.75, 3.05) is 26.0 Å².